The first-order chi connectivity index (χ1) is 6.37. The van der Waals surface area contributed by atoms with Gasteiger partial charge in [0.15, 0.2) is 0 Å². The maximum absolute atomic E-state index is 11.6. The van der Waals surface area contributed by atoms with Crippen LogP contribution in [0.3, 0.4) is 0 Å². The molecule has 1 rings (SSSR count). The average Bonchev–Trinajstić information content (AvgIpc) is 2.02. The number of hydrogen-bond acceptors (Lipinski definition) is 3. The molecule has 14 heavy (non-hydrogen) atoms. The molecule has 1 atom stereocenters. The maximum Gasteiger partial charge on any atom is 0.215 e. The smallest absolute Gasteiger partial charge is 0.215 e. The van der Waals surface area contributed by atoms with Crippen LogP contribution in [-0.4, -0.2) is 48.2 Å². The third-order valence-corrected chi connectivity index (χ3v) is 4.60. The van der Waals surface area contributed by atoms with Gasteiger partial charge in [0.05, 0.1) is 11.4 Å². The summed E-state index contributed by atoms with van der Waals surface area (Å²) in [6.45, 7) is 2.34. The molecular weight excluding hydrogens is 226 g/mol. The van der Waals surface area contributed by atoms with E-state index in [9.17, 15) is 13.5 Å². The Hall–Kier alpha value is 0.160. The van der Waals surface area contributed by atoms with Crippen molar-refractivity contribution in [1.29, 1.82) is 0 Å². The molecule has 0 bridgehead atoms. The molecule has 0 aliphatic carbocycles. The zero-order valence-corrected chi connectivity index (χ0v) is 9.81. The lowest BCUT2D eigenvalue weighted by atomic mass is 9.97. The number of piperidine rings is 1. The average molecular weight is 242 g/mol. The van der Waals surface area contributed by atoms with Crippen molar-refractivity contribution in [3.05, 3.63) is 0 Å². The van der Waals surface area contributed by atoms with Gasteiger partial charge in [-0.15, -0.1) is 11.6 Å². The Labute approximate surface area is 89.9 Å². The lowest BCUT2D eigenvalue weighted by Crippen LogP contribution is -2.49. The van der Waals surface area contributed by atoms with Crippen LogP contribution >= 0.6 is 11.6 Å². The van der Waals surface area contributed by atoms with Crippen LogP contribution in [0.15, 0.2) is 0 Å². The number of rotatable bonds is 3. The van der Waals surface area contributed by atoms with Crippen molar-refractivity contribution < 1.29 is 13.5 Å². The molecule has 0 spiro atoms. The topological polar surface area (TPSA) is 57.6 Å². The number of halogens is 1. The van der Waals surface area contributed by atoms with Crippen molar-refractivity contribution in [2.75, 3.05) is 24.7 Å². The number of aliphatic hydroxyl groups is 1. The van der Waals surface area contributed by atoms with E-state index in [-0.39, 0.29) is 18.2 Å². The SMILES string of the molecule is CC1(O)CCCN(S(=O)(=O)CCCl)C1. The van der Waals surface area contributed by atoms with Crippen molar-refractivity contribution in [3.63, 3.8) is 0 Å². The van der Waals surface area contributed by atoms with Gasteiger partial charge in [-0.3, -0.25) is 0 Å². The number of alkyl halides is 1. The second-order valence-corrected chi connectivity index (χ2v) is 6.41. The second kappa shape index (κ2) is 4.35. The lowest BCUT2D eigenvalue weighted by Gasteiger charge is -2.35. The first-order valence-electron chi connectivity index (χ1n) is 4.64. The van der Waals surface area contributed by atoms with Gasteiger partial charge in [0, 0.05) is 19.0 Å². The Morgan fingerprint density at radius 2 is 2.21 bits per heavy atom. The highest BCUT2D eigenvalue weighted by Crippen LogP contribution is 2.22. The molecule has 0 radical (unpaired) electrons. The monoisotopic (exact) mass is 241 g/mol. The minimum Gasteiger partial charge on any atom is -0.389 e. The van der Waals surface area contributed by atoms with E-state index in [2.05, 4.69) is 0 Å². The molecule has 1 aliphatic rings. The van der Waals surface area contributed by atoms with Crippen LogP contribution in [0.1, 0.15) is 19.8 Å². The minimum atomic E-state index is -3.26. The quantitative estimate of drug-likeness (QED) is 0.728. The van der Waals surface area contributed by atoms with E-state index >= 15 is 0 Å². The summed E-state index contributed by atoms with van der Waals surface area (Å²) in [5.74, 6) is 0.0472. The second-order valence-electron chi connectivity index (χ2n) is 3.94. The summed E-state index contributed by atoms with van der Waals surface area (Å²) in [5, 5.41) is 9.74. The Morgan fingerprint density at radius 1 is 1.57 bits per heavy atom. The first kappa shape index (κ1) is 12.2. The Balaban J connectivity index is 2.69. The van der Waals surface area contributed by atoms with Crippen LogP contribution in [0.25, 0.3) is 0 Å². The molecule has 84 valence electrons. The van der Waals surface area contributed by atoms with E-state index in [1.807, 2.05) is 0 Å². The molecule has 0 aromatic rings. The zero-order chi connectivity index (χ0) is 10.8. The van der Waals surface area contributed by atoms with Crippen molar-refractivity contribution >= 4 is 21.6 Å². The number of hydrogen-bond donors (Lipinski definition) is 1. The Bertz CT molecular complexity index is 289. The van der Waals surface area contributed by atoms with Gasteiger partial charge < -0.3 is 5.11 Å². The van der Waals surface area contributed by atoms with Crippen molar-refractivity contribution in [2.24, 2.45) is 0 Å². The number of nitrogens with zero attached hydrogens (tertiary/aromatic N) is 1. The number of β-amino-alcohol motifs (C(OH)–C–C–N with tert-alkyl or cyclic N) is 1. The molecule has 6 heteroatoms. The molecule has 0 amide bonds. The van der Waals surface area contributed by atoms with Crippen LogP contribution in [0.5, 0.6) is 0 Å². The normalized spacial score (nSPS) is 30.5. The summed E-state index contributed by atoms with van der Waals surface area (Å²) in [6.07, 6.45) is 1.36. The van der Waals surface area contributed by atoms with E-state index in [0.29, 0.717) is 19.4 Å². The van der Waals surface area contributed by atoms with Crippen LogP contribution in [0.2, 0.25) is 0 Å². The summed E-state index contributed by atoms with van der Waals surface area (Å²) in [7, 11) is -3.26. The predicted octanol–water partition coefficient (Wildman–Crippen LogP) is 0.402. The third-order valence-electron chi connectivity index (χ3n) is 2.37. The van der Waals surface area contributed by atoms with Gasteiger partial charge in [-0.1, -0.05) is 0 Å². The van der Waals surface area contributed by atoms with Crippen LogP contribution in [-0.2, 0) is 10.0 Å². The molecule has 1 aliphatic heterocycles. The van der Waals surface area contributed by atoms with Crippen molar-refractivity contribution in [2.45, 2.75) is 25.4 Å². The standard InChI is InChI=1S/C8H16ClNO3S/c1-8(11)3-2-5-10(7-8)14(12,13)6-4-9/h11H,2-7H2,1H3. The molecule has 4 nitrogen and oxygen atoms in total. The van der Waals surface area contributed by atoms with E-state index in [0.717, 1.165) is 0 Å². The fraction of sp³-hybridized carbons (Fsp3) is 1.00. The summed E-state index contributed by atoms with van der Waals surface area (Å²) in [6, 6.07) is 0. The molecule has 1 N–H and O–H groups in total. The van der Waals surface area contributed by atoms with Crippen molar-refractivity contribution in [1.82, 2.24) is 4.31 Å². The fourth-order valence-corrected chi connectivity index (χ4v) is 3.56. The Kier molecular flexibility index (Phi) is 3.80. The number of sulfonamides is 1. The van der Waals surface area contributed by atoms with Crippen LogP contribution in [0.4, 0.5) is 0 Å². The van der Waals surface area contributed by atoms with E-state index in [1.165, 1.54) is 4.31 Å². The molecular formula is C8H16ClNO3S. The van der Waals surface area contributed by atoms with Gasteiger partial charge in [-0.25, -0.2) is 8.42 Å². The molecule has 0 saturated carbocycles. The van der Waals surface area contributed by atoms with Gasteiger partial charge in [0.2, 0.25) is 10.0 Å². The summed E-state index contributed by atoms with van der Waals surface area (Å²) in [5.41, 5.74) is -0.891. The summed E-state index contributed by atoms with van der Waals surface area (Å²) in [4.78, 5) is 0. The largest absolute Gasteiger partial charge is 0.389 e. The Morgan fingerprint density at radius 3 is 2.71 bits per heavy atom. The molecule has 1 fully saturated rings. The van der Waals surface area contributed by atoms with E-state index in [4.69, 9.17) is 11.6 Å². The van der Waals surface area contributed by atoms with Gasteiger partial charge in [-0.05, 0) is 19.8 Å². The first-order valence-corrected chi connectivity index (χ1v) is 6.78. The molecule has 1 unspecified atom stereocenters. The molecule has 0 aromatic carbocycles. The van der Waals surface area contributed by atoms with Gasteiger partial charge in [0.1, 0.15) is 0 Å². The highest BCUT2D eigenvalue weighted by Gasteiger charge is 2.34. The van der Waals surface area contributed by atoms with Crippen LogP contribution in [0, 0.1) is 0 Å². The van der Waals surface area contributed by atoms with Gasteiger partial charge >= 0.3 is 0 Å². The highest BCUT2D eigenvalue weighted by molar-refractivity contribution is 7.89. The fourth-order valence-electron chi connectivity index (χ4n) is 1.64. The van der Waals surface area contributed by atoms with Gasteiger partial charge in [-0.2, -0.15) is 4.31 Å². The van der Waals surface area contributed by atoms with Crippen LogP contribution < -0.4 is 0 Å². The van der Waals surface area contributed by atoms with Crippen molar-refractivity contribution in [3.8, 4) is 0 Å². The minimum absolute atomic E-state index is 0.0510. The zero-order valence-electron chi connectivity index (χ0n) is 8.24. The predicted molar refractivity (Wildman–Crippen MR) is 55.9 cm³/mol. The molecule has 1 heterocycles. The summed E-state index contributed by atoms with van der Waals surface area (Å²) >= 11 is 5.41. The molecule has 1 saturated heterocycles. The van der Waals surface area contributed by atoms with E-state index in [1.54, 1.807) is 6.92 Å². The maximum atomic E-state index is 11.6. The summed E-state index contributed by atoms with van der Waals surface area (Å²) < 4.78 is 24.5. The molecule has 0 aromatic heterocycles. The van der Waals surface area contributed by atoms with Gasteiger partial charge in [0.25, 0.3) is 0 Å². The third kappa shape index (κ3) is 3.08. The highest BCUT2D eigenvalue weighted by atomic mass is 35.5. The lowest BCUT2D eigenvalue weighted by molar-refractivity contribution is 0.00945. The van der Waals surface area contributed by atoms with E-state index < -0.39 is 15.6 Å².